The van der Waals surface area contributed by atoms with E-state index in [4.69, 9.17) is 10.5 Å². The first-order valence-corrected chi connectivity index (χ1v) is 5.35. The van der Waals surface area contributed by atoms with Crippen molar-refractivity contribution in [3.05, 3.63) is 17.3 Å². The summed E-state index contributed by atoms with van der Waals surface area (Å²) < 4.78 is 6.49. The molecule has 2 rings (SSSR count). The van der Waals surface area contributed by atoms with Gasteiger partial charge in [-0.1, -0.05) is 5.21 Å². The van der Waals surface area contributed by atoms with Gasteiger partial charge in [-0.2, -0.15) is 5.21 Å². The first-order valence-electron chi connectivity index (χ1n) is 5.35. The second-order valence-electron chi connectivity index (χ2n) is 3.53. The molecule has 0 radical (unpaired) electrons. The molecule has 0 amide bonds. The minimum Gasteiger partial charge on any atom is -0.461 e. The van der Waals surface area contributed by atoms with Crippen molar-refractivity contribution >= 4 is 11.8 Å². The van der Waals surface area contributed by atoms with E-state index in [-0.39, 0.29) is 18.1 Å². The second-order valence-corrected chi connectivity index (χ2v) is 3.53. The maximum atomic E-state index is 11.6. The number of nitrogens with one attached hydrogen (secondary N) is 1. The summed E-state index contributed by atoms with van der Waals surface area (Å²) in [4.78, 5) is 15.7. The van der Waals surface area contributed by atoms with Crippen LogP contribution in [0, 0.1) is 6.92 Å². The largest absolute Gasteiger partial charge is 0.461 e. The number of anilines is 1. The summed E-state index contributed by atoms with van der Waals surface area (Å²) in [6.07, 6.45) is 0. The molecule has 3 N–H and O–H groups in total. The van der Waals surface area contributed by atoms with Gasteiger partial charge in [0.25, 0.3) is 0 Å². The molecule has 2 aromatic heterocycles. The number of rotatable bonds is 4. The second kappa shape index (κ2) is 4.82. The van der Waals surface area contributed by atoms with Crippen LogP contribution in [0.3, 0.4) is 0 Å². The van der Waals surface area contributed by atoms with E-state index in [2.05, 4.69) is 25.6 Å². The highest BCUT2D eigenvalue weighted by Gasteiger charge is 2.20. The lowest BCUT2D eigenvalue weighted by molar-refractivity contribution is 0.0521. The summed E-state index contributed by atoms with van der Waals surface area (Å²) in [5.74, 6) is 0.735. The Morgan fingerprint density at radius 2 is 2.33 bits per heavy atom. The van der Waals surface area contributed by atoms with Gasteiger partial charge in [-0.3, -0.25) is 0 Å². The number of imidazole rings is 1. The van der Waals surface area contributed by atoms with Gasteiger partial charge in [0.15, 0.2) is 11.5 Å². The van der Waals surface area contributed by atoms with Crippen LogP contribution < -0.4 is 5.73 Å². The molecule has 0 aliphatic heterocycles. The van der Waals surface area contributed by atoms with E-state index < -0.39 is 5.97 Å². The highest BCUT2D eigenvalue weighted by atomic mass is 16.5. The highest BCUT2D eigenvalue weighted by molar-refractivity contribution is 5.92. The smallest absolute Gasteiger partial charge is 0.360 e. The van der Waals surface area contributed by atoms with Crippen molar-refractivity contribution in [2.45, 2.75) is 20.4 Å². The van der Waals surface area contributed by atoms with Crippen LogP contribution in [-0.2, 0) is 11.3 Å². The Morgan fingerprint density at radius 1 is 1.56 bits per heavy atom. The number of carbonyl (C=O) groups is 1. The molecule has 18 heavy (non-hydrogen) atoms. The van der Waals surface area contributed by atoms with Crippen LogP contribution >= 0.6 is 0 Å². The van der Waals surface area contributed by atoms with Crippen molar-refractivity contribution in [1.29, 1.82) is 0 Å². The van der Waals surface area contributed by atoms with Gasteiger partial charge < -0.3 is 15.0 Å². The van der Waals surface area contributed by atoms with Crippen molar-refractivity contribution in [1.82, 2.24) is 30.2 Å². The minimum absolute atomic E-state index is 0.109. The van der Waals surface area contributed by atoms with E-state index in [0.717, 1.165) is 0 Å². The highest BCUT2D eigenvalue weighted by Crippen LogP contribution is 2.16. The van der Waals surface area contributed by atoms with Crippen molar-refractivity contribution in [2.24, 2.45) is 0 Å². The Bertz CT molecular complexity index is 546. The van der Waals surface area contributed by atoms with Gasteiger partial charge in [0.2, 0.25) is 0 Å². The molecule has 2 heterocycles. The molecule has 0 saturated carbocycles. The van der Waals surface area contributed by atoms with Crippen LogP contribution in [0.2, 0.25) is 0 Å². The molecule has 0 unspecified atom stereocenters. The molecular formula is C9H13N7O2. The number of aromatic amines is 1. The zero-order valence-corrected chi connectivity index (χ0v) is 10.0. The zero-order chi connectivity index (χ0) is 13.1. The first-order chi connectivity index (χ1) is 8.63. The normalized spacial score (nSPS) is 10.6. The van der Waals surface area contributed by atoms with Crippen LogP contribution in [0.1, 0.15) is 29.1 Å². The van der Waals surface area contributed by atoms with Crippen LogP contribution in [0.4, 0.5) is 5.82 Å². The number of hydrogen-bond acceptors (Lipinski definition) is 7. The van der Waals surface area contributed by atoms with Gasteiger partial charge in [0.1, 0.15) is 11.6 Å². The number of ether oxygens (including phenoxy) is 1. The molecule has 0 atom stereocenters. The van der Waals surface area contributed by atoms with Gasteiger partial charge >= 0.3 is 5.97 Å². The van der Waals surface area contributed by atoms with E-state index >= 15 is 0 Å². The monoisotopic (exact) mass is 251 g/mol. The lowest BCUT2D eigenvalue weighted by atomic mass is 10.4. The predicted octanol–water partition coefficient (Wildman–Crippen LogP) is -0.488. The van der Waals surface area contributed by atoms with Crippen LogP contribution in [0.5, 0.6) is 0 Å². The van der Waals surface area contributed by atoms with E-state index in [0.29, 0.717) is 18.2 Å². The van der Waals surface area contributed by atoms with Gasteiger partial charge in [-0.25, -0.2) is 9.78 Å². The first kappa shape index (κ1) is 12.0. The molecule has 0 aliphatic rings. The van der Waals surface area contributed by atoms with Crippen molar-refractivity contribution in [2.75, 3.05) is 12.3 Å². The number of H-pyrrole nitrogens is 1. The molecule has 2 aromatic rings. The quantitative estimate of drug-likeness (QED) is 0.702. The summed E-state index contributed by atoms with van der Waals surface area (Å²) in [6, 6.07) is 0. The van der Waals surface area contributed by atoms with E-state index in [1.807, 2.05) is 0 Å². The molecule has 0 aromatic carbocycles. The summed E-state index contributed by atoms with van der Waals surface area (Å²) >= 11 is 0. The molecule has 96 valence electrons. The van der Waals surface area contributed by atoms with Crippen LogP contribution in [0.25, 0.3) is 0 Å². The van der Waals surface area contributed by atoms with Crippen LogP contribution in [0.15, 0.2) is 0 Å². The molecule has 0 saturated heterocycles. The molecule has 9 heteroatoms. The number of aromatic nitrogens is 6. The minimum atomic E-state index is -0.537. The van der Waals surface area contributed by atoms with Gasteiger partial charge in [-0.15, -0.1) is 10.2 Å². The fraction of sp³-hybridized carbons (Fsp3) is 0.444. The molecule has 0 bridgehead atoms. The predicted molar refractivity (Wildman–Crippen MR) is 60.6 cm³/mol. The Labute approximate surface area is 102 Å². The van der Waals surface area contributed by atoms with Gasteiger partial charge in [0.05, 0.1) is 13.2 Å². The SMILES string of the molecule is CCOC(=O)c1nc(C)n(Cc2nn[nH]n2)c1N. The number of hydrogen-bond donors (Lipinski definition) is 2. The zero-order valence-electron chi connectivity index (χ0n) is 10.0. The summed E-state index contributed by atoms with van der Waals surface area (Å²) in [5.41, 5.74) is 5.97. The third-order valence-corrected chi connectivity index (χ3v) is 2.36. The van der Waals surface area contributed by atoms with Crippen molar-refractivity contribution < 1.29 is 9.53 Å². The third-order valence-electron chi connectivity index (χ3n) is 2.36. The van der Waals surface area contributed by atoms with E-state index in [1.165, 1.54) is 0 Å². The molecule has 0 spiro atoms. The topological polar surface area (TPSA) is 125 Å². The number of tetrazole rings is 1. The molecule has 0 fully saturated rings. The fourth-order valence-corrected chi connectivity index (χ4v) is 1.52. The Balaban J connectivity index is 2.29. The maximum Gasteiger partial charge on any atom is 0.360 e. The van der Waals surface area contributed by atoms with Crippen molar-refractivity contribution in [3.63, 3.8) is 0 Å². The lowest BCUT2D eigenvalue weighted by Crippen LogP contribution is -2.11. The van der Waals surface area contributed by atoms with E-state index in [1.54, 1.807) is 18.4 Å². The number of carbonyl (C=O) groups excluding carboxylic acids is 1. The molecule has 0 aliphatic carbocycles. The number of nitrogens with two attached hydrogens (primary N) is 1. The average Bonchev–Trinajstić information content (AvgIpc) is 2.93. The summed E-state index contributed by atoms with van der Waals surface area (Å²) in [6.45, 7) is 4.02. The fourth-order valence-electron chi connectivity index (χ4n) is 1.52. The standard InChI is InChI=1S/C9H13N7O2/c1-3-18-9(17)7-8(10)16(5(2)11-7)4-6-12-14-15-13-6/h3-4,10H2,1-2H3,(H,12,13,14,15). The van der Waals surface area contributed by atoms with E-state index in [9.17, 15) is 4.79 Å². The molecule has 9 nitrogen and oxygen atoms in total. The Hall–Kier alpha value is -2.45. The average molecular weight is 251 g/mol. The maximum absolute atomic E-state index is 11.6. The Morgan fingerprint density at radius 3 is 2.94 bits per heavy atom. The number of nitrogens with zero attached hydrogens (tertiary/aromatic N) is 5. The third kappa shape index (κ3) is 2.14. The Kier molecular flexibility index (Phi) is 3.22. The van der Waals surface area contributed by atoms with Gasteiger partial charge in [-0.05, 0) is 13.8 Å². The lowest BCUT2D eigenvalue weighted by Gasteiger charge is -2.04. The van der Waals surface area contributed by atoms with Gasteiger partial charge in [0, 0.05) is 0 Å². The summed E-state index contributed by atoms with van der Waals surface area (Å²) in [7, 11) is 0. The molecular weight excluding hydrogens is 238 g/mol. The summed E-state index contributed by atoms with van der Waals surface area (Å²) in [5, 5.41) is 13.4. The number of esters is 1. The number of aryl methyl sites for hydroxylation is 1. The van der Waals surface area contributed by atoms with Crippen molar-refractivity contribution in [3.8, 4) is 0 Å². The number of nitrogen functional groups attached to an aromatic ring is 1. The van der Waals surface area contributed by atoms with Crippen LogP contribution in [-0.4, -0.2) is 42.8 Å².